The van der Waals surface area contributed by atoms with Gasteiger partial charge in [-0.25, -0.2) is 9.50 Å². The summed E-state index contributed by atoms with van der Waals surface area (Å²) < 4.78 is 52.7. The van der Waals surface area contributed by atoms with Gasteiger partial charge < -0.3 is 13.8 Å². The molecule has 0 saturated carbocycles. The standard InChI is InChI=1S/C22H20F3N5O3/c1-12(2)14-9-18(33-28-14)16-5-3-7-29(16)21(31)13-11-26-30-19(22(23,24)25)10-15(27-20(13)30)17-6-4-8-32-17/h4,6,8-12,16H,3,5,7H2,1-2H3/t16-/m0/s1. The maximum Gasteiger partial charge on any atom is 0.433 e. The molecule has 1 aliphatic heterocycles. The molecule has 1 atom stereocenters. The zero-order valence-corrected chi connectivity index (χ0v) is 17.8. The molecule has 0 N–H and O–H groups in total. The van der Waals surface area contributed by atoms with Gasteiger partial charge >= 0.3 is 6.18 Å². The van der Waals surface area contributed by atoms with Crippen molar-refractivity contribution < 1.29 is 26.9 Å². The van der Waals surface area contributed by atoms with Gasteiger partial charge in [0, 0.05) is 12.6 Å². The summed E-state index contributed by atoms with van der Waals surface area (Å²) in [4.78, 5) is 19.3. The van der Waals surface area contributed by atoms with Crippen LogP contribution in [0.1, 0.15) is 66.2 Å². The second-order valence-corrected chi connectivity index (χ2v) is 8.26. The van der Waals surface area contributed by atoms with Crippen LogP contribution in [-0.2, 0) is 6.18 Å². The van der Waals surface area contributed by atoms with Crippen molar-refractivity contribution in [3.8, 4) is 11.5 Å². The molecule has 5 rings (SSSR count). The van der Waals surface area contributed by atoms with E-state index in [1.807, 2.05) is 19.9 Å². The maximum absolute atomic E-state index is 13.8. The van der Waals surface area contributed by atoms with Crippen LogP contribution in [0.3, 0.4) is 0 Å². The second kappa shape index (κ2) is 7.75. The van der Waals surface area contributed by atoms with E-state index in [4.69, 9.17) is 8.94 Å². The summed E-state index contributed by atoms with van der Waals surface area (Å²) in [5.74, 6) is 0.413. The van der Waals surface area contributed by atoms with Crippen molar-refractivity contribution in [2.24, 2.45) is 0 Å². The van der Waals surface area contributed by atoms with Gasteiger partial charge in [-0.1, -0.05) is 19.0 Å². The maximum atomic E-state index is 13.8. The SMILES string of the molecule is CC(C)c1cc([C@@H]2CCCN2C(=O)c2cnn3c(C(F)(F)F)cc(-c4ccco4)nc23)on1. The Kier molecular flexibility index (Phi) is 4.98. The first-order chi connectivity index (χ1) is 15.7. The van der Waals surface area contributed by atoms with Gasteiger partial charge in [-0.3, -0.25) is 4.79 Å². The Morgan fingerprint density at radius 3 is 2.76 bits per heavy atom. The minimum atomic E-state index is -4.71. The van der Waals surface area contributed by atoms with Crippen LogP contribution in [0.25, 0.3) is 17.1 Å². The first-order valence-corrected chi connectivity index (χ1v) is 10.5. The smallest absolute Gasteiger partial charge is 0.433 e. The molecule has 0 aliphatic carbocycles. The van der Waals surface area contributed by atoms with E-state index in [0.29, 0.717) is 23.2 Å². The molecule has 8 nitrogen and oxygen atoms in total. The van der Waals surface area contributed by atoms with Crippen molar-refractivity contribution in [2.75, 3.05) is 6.54 Å². The summed E-state index contributed by atoms with van der Waals surface area (Å²) in [6.07, 6.45) is -0.851. The van der Waals surface area contributed by atoms with Gasteiger partial charge in [0.1, 0.15) is 11.3 Å². The van der Waals surface area contributed by atoms with Gasteiger partial charge in [0.05, 0.1) is 24.2 Å². The van der Waals surface area contributed by atoms with E-state index in [-0.39, 0.29) is 34.6 Å². The van der Waals surface area contributed by atoms with Crippen LogP contribution < -0.4 is 0 Å². The number of alkyl halides is 3. The number of hydrogen-bond donors (Lipinski definition) is 0. The highest BCUT2D eigenvalue weighted by atomic mass is 19.4. The van der Waals surface area contributed by atoms with Gasteiger partial charge in [-0.05, 0) is 37.0 Å². The van der Waals surface area contributed by atoms with Crippen LogP contribution >= 0.6 is 0 Å². The van der Waals surface area contributed by atoms with Gasteiger partial charge in [-0.2, -0.15) is 18.3 Å². The number of carbonyl (C=O) groups excluding carboxylic acids is 1. The van der Waals surface area contributed by atoms with Gasteiger partial charge in [0.15, 0.2) is 22.9 Å². The molecule has 1 saturated heterocycles. The predicted molar refractivity (Wildman–Crippen MR) is 109 cm³/mol. The highest BCUT2D eigenvalue weighted by Crippen LogP contribution is 2.36. The molecule has 0 spiro atoms. The molecule has 33 heavy (non-hydrogen) atoms. The Labute approximate surface area is 186 Å². The Bertz CT molecular complexity index is 1310. The van der Waals surface area contributed by atoms with Crippen LogP contribution in [-0.4, -0.2) is 37.1 Å². The number of hydrogen-bond acceptors (Lipinski definition) is 6. The molecule has 0 bridgehead atoms. The molecular formula is C22H20F3N5O3. The lowest BCUT2D eigenvalue weighted by Gasteiger charge is -2.22. The average Bonchev–Trinajstić information content (AvgIpc) is 3.57. The number of amides is 1. The largest absolute Gasteiger partial charge is 0.463 e. The number of carbonyl (C=O) groups is 1. The van der Waals surface area contributed by atoms with Gasteiger partial charge in [0.25, 0.3) is 5.91 Å². The summed E-state index contributed by atoms with van der Waals surface area (Å²) in [6.45, 7) is 4.40. The molecule has 4 aromatic rings. The zero-order chi connectivity index (χ0) is 23.3. The second-order valence-electron chi connectivity index (χ2n) is 8.26. The third-order valence-electron chi connectivity index (χ3n) is 5.75. The molecule has 5 heterocycles. The lowest BCUT2D eigenvalue weighted by molar-refractivity contribution is -0.142. The van der Waals surface area contributed by atoms with Crippen molar-refractivity contribution in [2.45, 2.75) is 44.8 Å². The molecule has 1 aliphatic rings. The molecule has 1 fully saturated rings. The highest BCUT2D eigenvalue weighted by molar-refractivity contribution is 6.00. The molecule has 0 aromatic carbocycles. The van der Waals surface area contributed by atoms with E-state index in [1.165, 1.54) is 12.3 Å². The molecule has 0 unspecified atom stereocenters. The highest BCUT2D eigenvalue weighted by Gasteiger charge is 2.38. The van der Waals surface area contributed by atoms with Crippen LogP contribution in [0.4, 0.5) is 13.2 Å². The molecule has 172 valence electrons. The van der Waals surface area contributed by atoms with Crippen LogP contribution in [0.15, 0.2) is 45.7 Å². The third-order valence-corrected chi connectivity index (χ3v) is 5.75. The number of rotatable bonds is 4. The quantitative estimate of drug-likeness (QED) is 0.422. The average molecular weight is 459 g/mol. The number of furan rings is 1. The van der Waals surface area contributed by atoms with Gasteiger partial charge in [-0.15, -0.1) is 0 Å². The number of halogens is 3. The van der Waals surface area contributed by atoms with Crippen molar-refractivity contribution in [1.82, 2.24) is 24.7 Å². The Morgan fingerprint density at radius 1 is 1.27 bits per heavy atom. The summed E-state index contributed by atoms with van der Waals surface area (Å²) in [5, 5.41) is 7.91. The normalized spacial score (nSPS) is 16.9. The topological polar surface area (TPSA) is 89.7 Å². The Hall–Kier alpha value is -3.63. The Morgan fingerprint density at radius 2 is 2.09 bits per heavy atom. The predicted octanol–water partition coefficient (Wildman–Crippen LogP) is 5.10. The van der Waals surface area contributed by atoms with Crippen molar-refractivity contribution in [1.29, 1.82) is 0 Å². The first kappa shape index (κ1) is 21.2. The summed E-state index contributed by atoms with van der Waals surface area (Å²) >= 11 is 0. The van der Waals surface area contributed by atoms with E-state index < -0.39 is 17.8 Å². The third kappa shape index (κ3) is 3.66. The van der Waals surface area contributed by atoms with E-state index in [1.54, 1.807) is 11.0 Å². The Balaban J connectivity index is 1.58. The minimum absolute atomic E-state index is 0.0237. The number of aromatic nitrogens is 4. The lowest BCUT2D eigenvalue weighted by Crippen LogP contribution is -2.30. The fourth-order valence-corrected chi connectivity index (χ4v) is 4.06. The lowest BCUT2D eigenvalue weighted by atomic mass is 10.1. The minimum Gasteiger partial charge on any atom is -0.463 e. The van der Waals surface area contributed by atoms with Crippen LogP contribution in [0.2, 0.25) is 0 Å². The van der Waals surface area contributed by atoms with E-state index in [2.05, 4.69) is 15.2 Å². The summed E-state index contributed by atoms with van der Waals surface area (Å²) in [6, 6.07) is 5.38. The van der Waals surface area contributed by atoms with E-state index in [0.717, 1.165) is 24.4 Å². The summed E-state index contributed by atoms with van der Waals surface area (Å²) in [5.41, 5.74) is -0.520. The molecule has 4 aromatic heterocycles. The van der Waals surface area contributed by atoms with Crippen molar-refractivity contribution in [3.63, 3.8) is 0 Å². The van der Waals surface area contributed by atoms with Crippen LogP contribution in [0, 0.1) is 0 Å². The molecule has 11 heteroatoms. The fraction of sp³-hybridized carbons (Fsp3) is 0.364. The molecule has 1 amide bonds. The van der Waals surface area contributed by atoms with Crippen LogP contribution in [0.5, 0.6) is 0 Å². The zero-order valence-electron chi connectivity index (χ0n) is 17.8. The van der Waals surface area contributed by atoms with E-state index in [9.17, 15) is 18.0 Å². The number of nitrogens with zero attached hydrogens (tertiary/aromatic N) is 5. The summed E-state index contributed by atoms with van der Waals surface area (Å²) in [7, 11) is 0. The van der Waals surface area contributed by atoms with Crippen molar-refractivity contribution in [3.05, 3.63) is 59.4 Å². The molecule has 0 radical (unpaired) electrons. The van der Waals surface area contributed by atoms with E-state index >= 15 is 0 Å². The first-order valence-electron chi connectivity index (χ1n) is 10.5. The van der Waals surface area contributed by atoms with Gasteiger partial charge in [0.2, 0.25) is 0 Å². The monoisotopic (exact) mass is 459 g/mol. The van der Waals surface area contributed by atoms with Crippen molar-refractivity contribution >= 4 is 11.6 Å². The number of fused-ring (bicyclic) bond motifs is 1. The molecular weight excluding hydrogens is 439 g/mol. The fourth-order valence-electron chi connectivity index (χ4n) is 4.06. The number of likely N-dealkylation sites (tertiary alicyclic amines) is 1.